The van der Waals surface area contributed by atoms with Crippen LogP contribution in [0.15, 0.2) is 103 Å². The number of piperazine rings is 1. The van der Waals surface area contributed by atoms with Crippen molar-refractivity contribution >= 4 is 82.2 Å². The van der Waals surface area contributed by atoms with Gasteiger partial charge in [0.2, 0.25) is 53.4 Å². The summed E-state index contributed by atoms with van der Waals surface area (Å²) in [4.78, 5) is 144. The van der Waals surface area contributed by atoms with E-state index in [0.29, 0.717) is 59.0 Å². The molecule has 9 aliphatic heterocycles. The molecule has 22 N–H and O–H groups in total. The third-order valence-electron chi connectivity index (χ3n) is 23.5. The van der Waals surface area contributed by atoms with Crippen LogP contribution in [0, 0.1) is 5.92 Å². The molecule has 9 aliphatic rings. The lowest BCUT2D eigenvalue weighted by molar-refractivity contribution is -0.334. The van der Waals surface area contributed by atoms with Crippen molar-refractivity contribution in [2.75, 3.05) is 97.7 Å². The maximum absolute atomic E-state index is 16.4. The zero-order valence-electron chi connectivity index (χ0n) is 72.2. The maximum atomic E-state index is 16.4. The molecule has 0 aromatic heterocycles. The second-order valence-electron chi connectivity index (χ2n) is 33.5. The molecule has 4 fully saturated rings. The monoisotopic (exact) mass is 1910 g/mol. The fourth-order valence-corrected chi connectivity index (χ4v) is 16.9. The number of phenols is 3. The minimum atomic E-state index is -4.91. The Labute approximate surface area is 767 Å². The number of fused-ring (bicyclic) bond motifs is 15. The number of phenolic OH excluding ortho intramolecular Hbond substituents is 3. The molecule has 11 bridgehead atoms. The fraction of sp³-hybridized carbons (Fsp3) is 0.477. The standard InChI is InChI=1S/C86H104Cl2F3N15O27/c1-39(2)28-52(93-5)76(117)100-67-69(112)42-7-14-56(50(87)30-42)128-58-32-44-33-59(73(58)132-83-74(72(115)71(114)60(38-107)130-83)131-62-37-85(4,75(116)40(3)127-62)94-16-17-104-18-20-106(21-19-104)102-84(124)95-45-9-11-47(12-10-45)133-86(89,90)91)129-57-15-8-43(31-51(57)88)70(113)68-81(122)99-66(82(123)103-126-27-24-105-22-25-125-26-23-105)49-34-46(108)35-55(110)63(49)48-29-41(6-13-54(48)109)64(78(119)101-68)98-79(120)65(44)97-77(118)53(36-61(92)111)96-80(67)121/h6-15,29-35,39-40,52-53,60,62,64-72,74-75,83,93-94,107-110,112-116H,16-28,36-38H2,1-5H3,(H2,92,111)(H,96,121)(H,97,118)(H,98,120)(H,99,122)(H,100,117)(H,101,119)(H,103,123)(H2,95,102,124)/t40-,52+,53-,60+,62-,64+,65+,66+,67+,68-,69+,70+,71+,72-,74+,75+,83-,85-/m0/s1. The number of ether oxygens (including phenoxy) is 8. The normalized spacial score (nSPS) is 27.0. The summed E-state index contributed by atoms with van der Waals surface area (Å²) in [6, 6.07) is 3.54. The van der Waals surface area contributed by atoms with E-state index in [1.807, 2.05) is 18.7 Å². The van der Waals surface area contributed by atoms with Gasteiger partial charge in [0, 0.05) is 93.7 Å². The number of hydroxylamine groups is 1. The van der Waals surface area contributed by atoms with Crippen molar-refractivity contribution in [2.24, 2.45) is 11.7 Å². The SMILES string of the molecule is CN[C@H](CC(C)C)C(=O)N[C@H]1C(=O)N[C@@H](CC(N)=O)C(=O)N[C@H]2C(=O)N[C@H]3C(=O)N[C@H](C(=O)N[C@@H](C(=O)NOCCN4CCOCC4)c4cc(O)cc(O)c4-c4cc3ccc4O)[C@H](O)c3ccc(c(Cl)c3)Oc3cc2cc(c3O[C@@H]2O[C@H](CO)[C@@H](O)[C@H](O)[C@H]2O[C@H]2C[C@](C)(NCCN3CCN(NC(=O)Nc4ccc(OC(F)(F)F)cc4)CC3)[C@H](O)[C@H](C)O2)Oc2ccc(cc2Cl)[C@H]1O. The number of halogens is 5. The van der Waals surface area contributed by atoms with Gasteiger partial charge >= 0.3 is 12.4 Å². The fourth-order valence-electron chi connectivity index (χ4n) is 16.5. The largest absolute Gasteiger partial charge is 0.573 e. The molecule has 0 spiro atoms. The molecule has 9 heterocycles. The van der Waals surface area contributed by atoms with Crippen LogP contribution >= 0.6 is 23.2 Å². The number of nitrogens with one attached hydrogen (secondary N) is 11. The number of urea groups is 1. The van der Waals surface area contributed by atoms with Crippen LogP contribution in [0.4, 0.5) is 23.7 Å². The number of carbonyl (C=O) groups is 9. The van der Waals surface area contributed by atoms with E-state index in [-0.39, 0.29) is 66.6 Å². The predicted octanol–water partition coefficient (Wildman–Crippen LogP) is 1.29. The number of morpholine rings is 1. The molecular formula is C86H104Cl2F3N15O27. The second kappa shape index (κ2) is 42.9. The highest BCUT2D eigenvalue weighted by atomic mass is 35.5. The lowest BCUT2D eigenvalue weighted by atomic mass is 9.85. The van der Waals surface area contributed by atoms with E-state index in [0.717, 1.165) is 72.8 Å². The summed E-state index contributed by atoms with van der Waals surface area (Å²) in [5, 5.41) is 132. The Kier molecular flexibility index (Phi) is 32.0. The maximum Gasteiger partial charge on any atom is 0.573 e. The van der Waals surface area contributed by atoms with Crippen LogP contribution in [-0.4, -0.2) is 292 Å². The molecule has 0 radical (unpaired) electrons. The van der Waals surface area contributed by atoms with Gasteiger partial charge in [-0.15, -0.1) is 13.2 Å². The van der Waals surface area contributed by atoms with Gasteiger partial charge in [-0.05, 0) is 140 Å². The van der Waals surface area contributed by atoms with Crippen LogP contribution in [0.5, 0.6) is 51.7 Å². The molecule has 4 saturated heterocycles. The van der Waals surface area contributed by atoms with Crippen LogP contribution in [-0.2, 0) is 62.1 Å². The van der Waals surface area contributed by atoms with Gasteiger partial charge in [-0.1, -0.05) is 55.2 Å². The first-order valence-electron chi connectivity index (χ1n) is 42.5. The zero-order chi connectivity index (χ0) is 95.8. The number of aromatic hydroxyl groups is 3. The summed E-state index contributed by atoms with van der Waals surface area (Å²) in [7, 11) is 1.47. The topological polar surface area (TPSA) is 587 Å². The third-order valence-corrected chi connectivity index (χ3v) is 24.1. The van der Waals surface area contributed by atoms with Gasteiger partial charge in [0.25, 0.3) is 5.91 Å². The van der Waals surface area contributed by atoms with Gasteiger partial charge in [0.05, 0.1) is 61.1 Å². The van der Waals surface area contributed by atoms with Crippen LogP contribution in [0.25, 0.3) is 11.1 Å². The zero-order valence-corrected chi connectivity index (χ0v) is 73.7. The lowest BCUT2D eigenvalue weighted by Crippen LogP contribution is -2.66. The molecule has 42 nitrogen and oxygen atoms in total. The van der Waals surface area contributed by atoms with Crippen LogP contribution in [0.2, 0.25) is 10.0 Å². The highest BCUT2D eigenvalue weighted by molar-refractivity contribution is 6.32. The molecule has 0 aliphatic carbocycles. The van der Waals surface area contributed by atoms with Gasteiger partial charge in [-0.3, -0.25) is 58.4 Å². The molecule has 0 unspecified atom stereocenters. The first-order chi connectivity index (χ1) is 63.2. The number of rotatable bonds is 24. The number of benzene rings is 6. The number of anilines is 1. The number of aliphatic hydroxyl groups is 6. The number of primary amides is 1. The Hall–Kier alpha value is -11.3. The Morgan fingerprint density at radius 3 is 1.95 bits per heavy atom. The minimum absolute atomic E-state index is 0.127. The van der Waals surface area contributed by atoms with Gasteiger partial charge in [-0.2, -0.15) is 0 Å². The van der Waals surface area contributed by atoms with Gasteiger partial charge in [-0.25, -0.2) is 15.3 Å². The van der Waals surface area contributed by atoms with E-state index in [4.69, 9.17) is 66.9 Å². The summed E-state index contributed by atoms with van der Waals surface area (Å²) in [5.41, 5.74) is 7.05. The third kappa shape index (κ3) is 24.1. The lowest BCUT2D eigenvalue weighted by Gasteiger charge is -2.48. The van der Waals surface area contributed by atoms with E-state index >= 15 is 24.0 Å². The second-order valence-corrected chi connectivity index (χ2v) is 34.3. The quantitative estimate of drug-likeness (QED) is 0.0300. The van der Waals surface area contributed by atoms with Crippen molar-refractivity contribution in [3.05, 3.63) is 141 Å². The number of aliphatic hydroxyl groups excluding tert-OH is 6. The Morgan fingerprint density at radius 1 is 0.692 bits per heavy atom. The van der Waals surface area contributed by atoms with E-state index < -0.39 is 260 Å². The molecule has 0 saturated carbocycles. The van der Waals surface area contributed by atoms with E-state index in [9.17, 15) is 78.3 Å². The number of nitrogens with zero attached hydrogens (tertiary/aromatic N) is 3. The summed E-state index contributed by atoms with van der Waals surface area (Å²) in [5.74, 6) is -15.9. The molecule has 18 atom stereocenters. The first-order valence-corrected chi connectivity index (χ1v) is 43.3. The van der Waals surface area contributed by atoms with Crippen LogP contribution in [0.1, 0.15) is 105 Å². The van der Waals surface area contributed by atoms with Crippen LogP contribution in [0.3, 0.4) is 0 Å². The summed E-state index contributed by atoms with van der Waals surface area (Å²) in [6.45, 7) is 9.97. The Morgan fingerprint density at radius 2 is 1.32 bits per heavy atom. The number of hydrazine groups is 1. The Balaban J connectivity index is 0.901. The molecular weight excluding hydrogens is 1800 g/mol. The number of carbonyl (C=O) groups excluding carboxylic acids is 9. The molecule has 6 aromatic rings. The average molecular weight is 1910 g/mol. The summed E-state index contributed by atoms with van der Waals surface area (Å²) < 4.78 is 87.3. The van der Waals surface area contributed by atoms with Crippen molar-refractivity contribution in [3.63, 3.8) is 0 Å². The highest BCUT2D eigenvalue weighted by Crippen LogP contribution is 2.50. The Bertz CT molecular complexity index is 5260. The minimum Gasteiger partial charge on any atom is -0.508 e. The van der Waals surface area contributed by atoms with Crippen molar-refractivity contribution < 1.29 is 145 Å². The van der Waals surface area contributed by atoms with Gasteiger partial charge in [0.15, 0.2) is 23.9 Å². The predicted molar refractivity (Wildman–Crippen MR) is 460 cm³/mol. The highest BCUT2D eigenvalue weighted by Gasteiger charge is 2.53. The number of likely N-dealkylation sites (N-methyl/N-ethyl adjacent to an activating group) is 1. The van der Waals surface area contributed by atoms with Crippen LogP contribution < -0.4 is 83.4 Å². The molecule has 133 heavy (non-hydrogen) atoms. The molecule has 6 aromatic carbocycles. The van der Waals surface area contributed by atoms with Gasteiger partial charge in [0.1, 0.15) is 101 Å². The number of amides is 10. The van der Waals surface area contributed by atoms with Crippen molar-refractivity contribution in [1.82, 2.24) is 68.2 Å². The van der Waals surface area contributed by atoms with E-state index in [2.05, 4.69) is 68.4 Å². The molecule has 720 valence electrons. The number of nitrogens with two attached hydrogens (primary N) is 1. The summed E-state index contributed by atoms with van der Waals surface area (Å²) >= 11 is 14.4. The van der Waals surface area contributed by atoms with Crippen molar-refractivity contribution in [1.29, 1.82) is 0 Å². The molecule has 10 amide bonds. The van der Waals surface area contributed by atoms with E-state index in [1.165, 1.54) is 44.3 Å². The number of hydrogen-bond acceptors (Lipinski definition) is 32. The first kappa shape index (κ1) is 99.2. The van der Waals surface area contributed by atoms with E-state index in [1.54, 1.807) is 11.9 Å². The smallest absolute Gasteiger partial charge is 0.508 e. The summed E-state index contributed by atoms with van der Waals surface area (Å²) in [6.07, 6.45) is -24.1. The average Bonchev–Trinajstić information content (AvgIpc) is 0.763. The van der Waals surface area contributed by atoms with Gasteiger partial charge < -0.3 is 137 Å². The molecule has 47 heteroatoms. The number of hydrogen-bond donors (Lipinski definition) is 21. The molecule has 15 rings (SSSR count). The number of alkyl halides is 3. The van der Waals surface area contributed by atoms with Crippen molar-refractivity contribution in [3.8, 4) is 62.9 Å². The van der Waals surface area contributed by atoms with Crippen molar-refractivity contribution in [2.45, 2.75) is 163 Å².